The second-order valence-corrected chi connectivity index (χ2v) is 5.44. The number of rotatable bonds is 1. The van der Waals surface area contributed by atoms with Gasteiger partial charge in [-0.15, -0.1) is 0 Å². The molecule has 0 atom stereocenters. The van der Waals surface area contributed by atoms with Crippen LogP contribution in [-0.2, 0) is 32.1 Å². The molecule has 0 amide bonds. The average molecular weight is 245 g/mol. The van der Waals surface area contributed by atoms with Gasteiger partial charge in [0.15, 0.2) is 0 Å². The zero-order valence-corrected chi connectivity index (χ0v) is 10.9. The minimum Gasteiger partial charge on any atom is -0.316 e. The van der Waals surface area contributed by atoms with Crippen molar-refractivity contribution in [3.8, 4) is 0 Å². The molecule has 1 nitrogen and oxygen atoms in total. The summed E-state index contributed by atoms with van der Waals surface area (Å²) in [6.45, 7) is 4.66. The molecular formula is C17H27N. The van der Waals surface area contributed by atoms with Crippen LogP contribution in [0.3, 0.4) is 0 Å². The predicted octanol–water partition coefficient (Wildman–Crippen LogP) is 3.45. The van der Waals surface area contributed by atoms with E-state index in [0.717, 1.165) is 6.54 Å². The van der Waals surface area contributed by atoms with Crippen molar-refractivity contribution in [2.24, 2.45) is 0 Å². The minimum absolute atomic E-state index is 0. The van der Waals surface area contributed by atoms with E-state index in [0.29, 0.717) is 0 Å². The molecular weight excluding hydrogens is 218 g/mol. The summed E-state index contributed by atoms with van der Waals surface area (Å²) >= 11 is 0. The predicted molar refractivity (Wildman–Crippen MR) is 79.5 cm³/mol. The Bertz CT molecular complexity index is 420. The molecule has 0 saturated heterocycles. The Balaban J connectivity index is 0.00000120. The van der Waals surface area contributed by atoms with Crippen LogP contribution in [-0.4, -0.2) is 13.1 Å². The lowest BCUT2D eigenvalue weighted by atomic mass is 9.81. The molecule has 3 rings (SSSR count). The van der Waals surface area contributed by atoms with Gasteiger partial charge in [0.05, 0.1) is 0 Å². The highest BCUT2D eigenvalue weighted by atomic mass is 14.8. The van der Waals surface area contributed by atoms with Crippen LogP contribution in [0, 0.1) is 0 Å². The smallest absolute Gasteiger partial charge is 0.000802 e. The molecule has 100 valence electrons. The summed E-state index contributed by atoms with van der Waals surface area (Å²) in [7, 11) is 0. The summed E-state index contributed by atoms with van der Waals surface area (Å²) < 4.78 is 0. The number of hydrogen-bond donors (Lipinski definition) is 1. The van der Waals surface area contributed by atoms with Gasteiger partial charge >= 0.3 is 0 Å². The Kier molecular flexibility index (Phi) is 4.45. The van der Waals surface area contributed by atoms with Crippen molar-refractivity contribution in [3.05, 3.63) is 33.9 Å². The second-order valence-electron chi connectivity index (χ2n) is 5.44. The van der Waals surface area contributed by atoms with E-state index < -0.39 is 0 Å². The first-order chi connectivity index (χ1) is 8.40. The lowest BCUT2D eigenvalue weighted by molar-refractivity contribution is 0.675. The van der Waals surface area contributed by atoms with Crippen molar-refractivity contribution in [1.82, 2.24) is 5.32 Å². The Morgan fingerprint density at radius 1 is 0.944 bits per heavy atom. The van der Waals surface area contributed by atoms with Gasteiger partial charge < -0.3 is 5.32 Å². The number of aryl methyl sites for hydroxylation is 1. The molecule has 18 heavy (non-hydrogen) atoms. The van der Waals surface area contributed by atoms with Crippen LogP contribution in [0.15, 0.2) is 6.07 Å². The van der Waals surface area contributed by atoms with Crippen molar-refractivity contribution in [2.75, 3.05) is 13.1 Å². The van der Waals surface area contributed by atoms with E-state index in [9.17, 15) is 0 Å². The normalized spacial score (nSPS) is 18.3. The maximum Gasteiger partial charge on any atom is -0.000802 e. The van der Waals surface area contributed by atoms with Crippen molar-refractivity contribution in [3.63, 3.8) is 0 Å². The van der Waals surface area contributed by atoms with E-state index >= 15 is 0 Å². The Morgan fingerprint density at radius 2 is 1.61 bits per heavy atom. The molecule has 0 aromatic heterocycles. The van der Waals surface area contributed by atoms with Gasteiger partial charge in [-0.3, -0.25) is 0 Å². The van der Waals surface area contributed by atoms with E-state index in [-0.39, 0.29) is 7.43 Å². The minimum atomic E-state index is 0. The fourth-order valence-corrected chi connectivity index (χ4v) is 3.63. The van der Waals surface area contributed by atoms with Crippen LogP contribution in [0.1, 0.15) is 55.0 Å². The van der Waals surface area contributed by atoms with Gasteiger partial charge in [0.25, 0.3) is 0 Å². The second kappa shape index (κ2) is 5.88. The highest BCUT2D eigenvalue weighted by Gasteiger charge is 2.19. The summed E-state index contributed by atoms with van der Waals surface area (Å²) in [6.07, 6.45) is 9.15. The van der Waals surface area contributed by atoms with Crippen LogP contribution in [0.25, 0.3) is 0 Å². The number of fused-ring (bicyclic) bond motifs is 2. The average Bonchev–Trinajstić information content (AvgIpc) is 2.60. The molecule has 1 aromatic carbocycles. The van der Waals surface area contributed by atoms with Gasteiger partial charge in [0.2, 0.25) is 0 Å². The van der Waals surface area contributed by atoms with E-state index in [1.54, 1.807) is 27.8 Å². The highest BCUT2D eigenvalue weighted by molar-refractivity contribution is 5.48. The summed E-state index contributed by atoms with van der Waals surface area (Å²) in [5.41, 5.74) is 8.44. The fourth-order valence-electron chi connectivity index (χ4n) is 3.63. The first-order valence-corrected chi connectivity index (χ1v) is 7.26. The molecule has 0 bridgehead atoms. The number of hydrogen-bond acceptors (Lipinski definition) is 1. The summed E-state index contributed by atoms with van der Waals surface area (Å²) in [6, 6.07) is 2.54. The molecule has 1 heteroatoms. The van der Waals surface area contributed by atoms with E-state index in [4.69, 9.17) is 0 Å². The van der Waals surface area contributed by atoms with E-state index in [1.165, 1.54) is 51.5 Å². The SMILES string of the molecule is C.CCc1c2c(cc3c1CCNCC3)CCCC2. The van der Waals surface area contributed by atoms with Crippen LogP contribution >= 0.6 is 0 Å². The first kappa shape index (κ1) is 13.6. The van der Waals surface area contributed by atoms with Crippen LogP contribution in [0.2, 0.25) is 0 Å². The lowest BCUT2D eigenvalue weighted by Crippen LogP contribution is -2.16. The molecule has 0 saturated carbocycles. The number of nitrogens with one attached hydrogen (secondary N) is 1. The van der Waals surface area contributed by atoms with Crippen LogP contribution in [0.5, 0.6) is 0 Å². The van der Waals surface area contributed by atoms with Gasteiger partial charge in [-0.2, -0.15) is 0 Å². The maximum absolute atomic E-state index is 3.54. The molecule has 1 aliphatic carbocycles. The van der Waals surface area contributed by atoms with Crippen molar-refractivity contribution in [1.29, 1.82) is 0 Å². The van der Waals surface area contributed by atoms with Crippen molar-refractivity contribution in [2.45, 2.75) is 59.3 Å². The monoisotopic (exact) mass is 245 g/mol. The molecule has 0 radical (unpaired) electrons. The number of benzene rings is 1. The largest absolute Gasteiger partial charge is 0.316 e. The molecule has 1 aliphatic heterocycles. The molecule has 0 spiro atoms. The summed E-state index contributed by atoms with van der Waals surface area (Å²) in [4.78, 5) is 0. The van der Waals surface area contributed by atoms with Gasteiger partial charge in [-0.1, -0.05) is 20.4 Å². The molecule has 1 N–H and O–H groups in total. The Hall–Kier alpha value is -0.820. The fraction of sp³-hybridized carbons (Fsp3) is 0.647. The van der Waals surface area contributed by atoms with Crippen molar-refractivity contribution < 1.29 is 0 Å². The van der Waals surface area contributed by atoms with Crippen molar-refractivity contribution >= 4 is 0 Å². The van der Waals surface area contributed by atoms with Gasteiger partial charge in [0.1, 0.15) is 0 Å². The van der Waals surface area contributed by atoms with Crippen LogP contribution in [0.4, 0.5) is 0 Å². The Morgan fingerprint density at radius 3 is 2.44 bits per heavy atom. The van der Waals surface area contributed by atoms with Gasteiger partial charge in [-0.25, -0.2) is 0 Å². The Labute approximate surface area is 112 Å². The molecule has 0 unspecified atom stereocenters. The van der Waals surface area contributed by atoms with E-state index in [1.807, 2.05) is 0 Å². The molecule has 1 heterocycles. The topological polar surface area (TPSA) is 12.0 Å². The van der Waals surface area contributed by atoms with Gasteiger partial charge in [-0.05, 0) is 85.9 Å². The van der Waals surface area contributed by atoms with E-state index in [2.05, 4.69) is 18.3 Å². The lowest BCUT2D eigenvalue weighted by Gasteiger charge is -2.24. The molecule has 1 aromatic rings. The quantitative estimate of drug-likeness (QED) is 0.799. The third-order valence-corrected chi connectivity index (χ3v) is 4.45. The summed E-state index contributed by atoms with van der Waals surface area (Å²) in [5.74, 6) is 0. The maximum atomic E-state index is 3.54. The van der Waals surface area contributed by atoms with Crippen LogP contribution < -0.4 is 5.32 Å². The third kappa shape index (κ3) is 2.33. The first-order valence-electron chi connectivity index (χ1n) is 7.26. The standard InChI is InChI=1S/C16H23N.CH4/c1-2-14-15-6-4-3-5-12(15)11-13-7-9-17-10-8-16(13)14;/h11,17H,2-10H2,1H3;1H4. The zero-order chi connectivity index (χ0) is 11.7. The van der Waals surface area contributed by atoms with Gasteiger partial charge in [0, 0.05) is 0 Å². The third-order valence-electron chi connectivity index (χ3n) is 4.45. The molecule has 2 aliphatic rings. The zero-order valence-electron chi connectivity index (χ0n) is 10.9. The highest BCUT2D eigenvalue weighted by Crippen LogP contribution is 2.31. The molecule has 0 fully saturated rings. The summed E-state index contributed by atoms with van der Waals surface area (Å²) in [5, 5.41) is 3.54.